The van der Waals surface area contributed by atoms with Gasteiger partial charge in [0.25, 0.3) is 0 Å². The summed E-state index contributed by atoms with van der Waals surface area (Å²) < 4.78 is 27.7. The van der Waals surface area contributed by atoms with Gasteiger partial charge in [-0.3, -0.25) is 0 Å². The molecule has 2 N–H and O–H groups in total. The molecule has 0 saturated carbocycles. The van der Waals surface area contributed by atoms with Crippen molar-refractivity contribution in [3.63, 3.8) is 0 Å². The largest absolute Gasteiger partial charge is 0.308 e. The molecule has 2 aromatic rings. The van der Waals surface area contributed by atoms with Crippen LogP contribution in [-0.4, -0.2) is 77.0 Å². The average molecular weight is 379 g/mol. The van der Waals surface area contributed by atoms with Gasteiger partial charge in [-0.15, -0.1) is 0 Å². The maximum Gasteiger partial charge on any atom is 0.226 e. The minimum atomic E-state index is -3.77. The van der Waals surface area contributed by atoms with Crippen LogP contribution in [0.5, 0.6) is 0 Å². The molecule has 0 bridgehead atoms. The van der Waals surface area contributed by atoms with Crippen molar-refractivity contribution in [2.45, 2.75) is 17.2 Å². The van der Waals surface area contributed by atoms with E-state index in [-0.39, 0.29) is 24.8 Å². The molecular weight excluding hydrogens is 358 g/mol. The van der Waals surface area contributed by atoms with Crippen LogP contribution in [0.25, 0.3) is 0 Å². The fraction of sp³-hybridized carbons (Fsp3) is 0.571. The maximum absolute atomic E-state index is 13.2. The van der Waals surface area contributed by atoms with E-state index in [0.717, 1.165) is 0 Å². The van der Waals surface area contributed by atoms with Gasteiger partial charge in [-0.25, -0.2) is 43.0 Å². The van der Waals surface area contributed by atoms with Crippen molar-refractivity contribution in [3.05, 3.63) is 37.0 Å². The standard InChI is InChI=1S/C14H21N9O2S/c1-23(2)4-3-22-26(24,25)14(13-20-9-16-10-21-13)5-11(17-6-14)12-18-7-15-8-19-12/h7-11,17,22H,3-6H2,1-2H3. The fourth-order valence-electron chi connectivity index (χ4n) is 2.88. The number of nitrogens with one attached hydrogen (secondary N) is 2. The molecule has 0 amide bonds. The highest BCUT2D eigenvalue weighted by Crippen LogP contribution is 2.40. The summed E-state index contributed by atoms with van der Waals surface area (Å²) in [5.41, 5.74) is 0. The number of nitrogens with zero attached hydrogens (tertiary/aromatic N) is 7. The first-order chi connectivity index (χ1) is 12.4. The molecule has 26 heavy (non-hydrogen) atoms. The van der Waals surface area contributed by atoms with Gasteiger partial charge in [-0.1, -0.05) is 0 Å². The third-order valence-corrected chi connectivity index (χ3v) is 6.37. The Morgan fingerprint density at radius 1 is 1.15 bits per heavy atom. The van der Waals surface area contributed by atoms with E-state index in [9.17, 15) is 8.42 Å². The first-order valence-corrected chi connectivity index (χ1v) is 9.55. The minimum Gasteiger partial charge on any atom is -0.308 e. The predicted octanol–water partition coefficient (Wildman–Crippen LogP) is -1.53. The molecule has 0 radical (unpaired) electrons. The van der Waals surface area contributed by atoms with Crippen LogP contribution < -0.4 is 10.0 Å². The second-order valence-corrected chi connectivity index (χ2v) is 8.37. The minimum absolute atomic E-state index is 0.144. The van der Waals surface area contributed by atoms with E-state index < -0.39 is 14.8 Å². The molecule has 11 nitrogen and oxygen atoms in total. The Morgan fingerprint density at radius 2 is 1.77 bits per heavy atom. The lowest BCUT2D eigenvalue weighted by molar-refractivity contribution is 0.409. The molecule has 1 saturated heterocycles. The molecule has 2 aromatic heterocycles. The van der Waals surface area contributed by atoms with Gasteiger partial charge in [0.1, 0.15) is 31.1 Å². The summed E-state index contributed by atoms with van der Waals surface area (Å²) in [6.45, 7) is 1.01. The van der Waals surface area contributed by atoms with Gasteiger partial charge in [0.05, 0.1) is 6.04 Å². The van der Waals surface area contributed by atoms with Gasteiger partial charge >= 0.3 is 0 Å². The van der Waals surface area contributed by atoms with Gasteiger partial charge in [-0.2, -0.15) is 0 Å². The van der Waals surface area contributed by atoms with Crippen molar-refractivity contribution >= 4 is 10.0 Å². The Balaban J connectivity index is 1.92. The number of likely N-dealkylation sites (N-methyl/N-ethyl adjacent to an activating group) is 1. The van der Waals surface area contributed by atoms with Crippen LogP contribution in [0, 0.1) is 0 Å². The maximum atomic E-state index is 13.2. The number of hydrogen-bond donors (Lipinski definition) is 2. The van der Waals surface area contributed by atoms with Gasteiger partial charge in [0, 0.05) is 19.6 Å². The van der Waals surface area contributed by atoms with E-state index in [0.29, 0.717) is 18.9 Å². The van der Waals surface area contributed by atoms with E-state index in [1.807, 2.05) is 19.0 Å². The third-order valence-electron chi connectivity index (χ3n) is 4.26. The molecule has 3 rings (SSSR count). The summed E-state index contributed by atoms with van der Waals surface area (Å²) in [4.78, 5) is 26.0. The zero-order valence-electron chi connectivity index (χ0n) is 14.6. The molecule has 2 unspecified atom stereocenters. The number of rotatable bonds is 7. The molecule has 0 aliphatic carbocycles. The monoisotopic (exact) mass is 379 g/mol. The highest BCUT2D eigenvalue weighted by molar-refractivity contribution is 7.90. The Kier molecular flexibility index (Phi) is 5.46. The molecule has 3 heterocycles. The van der Waals surface area contributed by atoms with Crippen LogP contribution in [0.1, 0.15) is 24.1 Å². The predicted molar refractivity (Wildman–Crippen MR) is 92.2 cm³/mol. The zero-order chi connectivity index (χ0) is 18.6. The molecule has 0 spiro atoms. The molecule has 1 fully saturated rings. The first-order valence-electron chi connectivity index (χ1n) is 8.06. The van der Waals surface area contributed by atoms with Gasteiger partial charge in [0.2, 0.25) is 10.0 Å². The van der Waals surface area contributed by atoms with E-state index in [2.05, 4.69) is 39.9 Å². The normalized spacial score (nSPS) is 23.4. The van der Waals surface area contributed by atoms with Crippen LogP contribution in [0.2, 0.25) is 0 Å². The smallest absolute Gasteiger partial charge is 0.226 e. The lowest BCUT2D eigenvalue weighted by Gasteiger charge is -2.27. The Labute approximate surface area is 151 Å². The molecule has 1 aliphatic heterocycles. The van der Waals surface area contributed by atoms with Gasteiger partial charge < -0.3 is 10.2 Å². The fourth-order valence-corrected chi connectivity index (χ4v) is 4.53. The molecule has 12 heteroatoms. The van der Waals surface area contributed by atoms with Crippen LogP contribution in [0.3, 0.4) is 0 Å². The number of hydrogen-bond acceptors (Lipinski definition) is 10. The molecular formula is C14H21N9O2S. The Hall–Kier alpha value is -2.15. The third kappa shape index (κ3) is 3.67. The van der Waals surface area contributed by atoms with Crippen LogP contribution >= 0.6 is 0 Å². The van der Waals surface area contributed by atoms with Crippen molar-refractivity contribution in [1.82, 2.24) is 44.8 Å². The molecule has 1 aliphatic rings. The van der Waals surface area contributed by atoms with E-state index >= 15 is 0 Å². The topological polar surface area (TPSA) is 139 Å². The van der Waals surface area contributed by atoms with Crippen LogP contribution in [0.15, 0.2) is 25.3 Å². The molecule has 0 aromatic carbocycles. The van der Waals surface area contributed by atoms with Crippen molar-refractivity contribution in [2.24, 2.45) is 0 Å². The Morgan fingerprint density at radius 3 is 2.38 bits per heavy atom. The zero-order valence-corrected chi connectivity index (χ0v) is 15.4. The average Bonchev–Trinajstić information content (AvgIpc) is 3.10. The van der Waals surface area contributed by atoms with Crippen molar-refractivity contribution in [2.75, 3.05) is 33.7 Å². The van der Waals surface area contributed by atoms with Crippen molar-refractivity contribution in [3.8, 4) is 0 Å². The number of sulfonamides is 1. The summed E-state index contributed by atoms with van der Waals surface area (Å²) in [6, 6.07) is -0.347. The van der Waals surface area contributed by atoms with Crippen molar-refractivity contribution < 1.29 is 8.42 Å². The van der Waals surface area contributed by atoms with Gasteiger partial charge in [0.15, 0.2) is 10.6 Å². The van der Waals surface area contributed by atoms with E-state index in [1.54, 1.807) is 0 Å². The summed E-state index contributed by atoms with van der Waals surface area (Å²) in [5, 5.41) is 3.18. The van der Waals surface area contributed by atoms with E-state index in [4.69, 9.17) is 0 Å². The second kappa shape index (κ2) is 7.61. The molecule has 2 atom stereocenters. The SMILES string of the molecule is CN(C)CCNS(=O)(=O)C1(c2ncncn2)CNC(c2ncncn2)C1. The highest BCUT2D eigenvalue weighted by atomic mass is 32.2. The quantitative estimate of drug-likeness (QED) is 0.582. The van der Waals surface area contributed by atoms with Gasteiger partial charge in [-0.05, 0) is 20.5 Å². The van der Waals surface area contributed by atoms with Crippen LogP contribution in [0.4, 0.5) is 0 Å². The summed E-state index contributed by atoms with van der Waals surface area (Å²) in [5.74, 6) is 0.688. The lowest BCUT2D eigenvalue weighted by atomic mass is 10.0. The summed E-state index contributed by atoms with van der Waals surface area (Å²) >= 11 is 0. The summed E-state index contributed by atoms with van der Waals surface area (Å²) in [6.07, 6.45) is 5.58. The van der Waals surface area contributed by atoms with Crippen molar-refractivity contribution in [1.29, 1.82) is 0 Å². The summed E-state index contributed by atoms with van der Waals surface area (Å²) in [7, 11) is -0.0165. The second-order valence-electron chi connectivity index (χ2n) is 6.29. The first kappa shape index (κ1) is 18.6. The van der Waals surface area contributed by atoms with E-state index in [1.165, 1.54) is 25.3 Å². The lowest BCUT2D eigenvalue weighted by Crippen LogP contribution is -2.48. The highest BCUT2D eigenvalue weighted by Gasteiger charge is 2.54. The Bertz CT molecular complexity index is 819. The molecule has 140 valence electrons. The van der Waals surface area contributed by atoms with Crippen LogP contribution in [-0.2, 0) is 14.8 Å². The number of aromatic nitrogens is 6.